The Bertz CT molecular complexity index is 1070. The predicted octanol–water partition coefficient (Wildman–Crippen LogP) is 11.4. The van der Waals surface area contributed by atoms with Crippen LogP contribution in [-0.4, -0.2) is 38.7 Å². The smallest absolute Gasteiger partial charge is 0.195 e. The van der Waals surface area contributed by atoms with Gasteiger partial charge in [0.15, 0.2) is 5.16 Å². The molecule has 6 heteroatoms. The lowest BCUT2D eigenvalue weighted by Crippen LogP contribution is -2.30. The molecule has 45 heavy (non-hydrogen) atoms. The highest BCUT2D eigenvalue weighted by molar-refractivity contribution is 7.99. The van der Waals surface area contributed by atoms with Gasteiger partial charge in [-0.25, -0.2) is 0 Å². The number of phenols is 1. The van der Waals surface area contributed by atoms with Crippen LogP contribution in [0.5, 0.6) is 5.75 Å². The molecule has 0 aliphatic carbocycles. The number of nitrogens with one attached hydrogen (secondary N) is 1. The fraction of sp³-hybridized carbons (Fsp3) is 0.795. The Hall–Kier alpha value is -1.53. The van der Waals surface area contributed by atoms with Gasteiger partial charge in [0.05, 0.1) is 5.69 Å². The van der Waals surface area contributed by atoms with E-state index < -0.39 is 0 Å². The number of thioether (sulfide) groups is 1. The topological polar surface area (TPSA) is 63.0 Å². The Morgan fingerprint density at radius 3 is 1.69 bits per heavy atom. The zero-order valence-corrected chi connectivity index (χ0v) is 31.1. The molecule has 256 valence electrons. The summed E-state index contributed by atoms with van der Waals surface area (Å²) in [5.74, 6) is 2.90. The van der Waals surface area contributed by atoms with Crippen molar-refractivity contribution in [3.63, 3.8) is 0 Å². The number of phenolic OH excluding ortho intramolecular Hbond substituents is 1. The average Bonchev–Trinajstić information content (AvgIpc) is 3.42. The molecule has 1 fully saturated rings. The second kappa shape index (κ2) is 19.3. The molecule has 2 aromatic rings. The van der Waals surface area contributed by atoms with Crippen molar-refractivity contribution < 1.29 is 5.11 Å². The van der Waals surface area contributed by atoms with Crippen LogP contribution in [0.4, 0.5) is 0 Å². The molecule has 3 rings (SSSR count). The largest absolute Gasteiger partial charge is 0.507 e. The van der Waals surface area contributed by atoms with E-state index in [1.165, 1.54) is 103 Å². The maximum atomic E-state index is 11.4. The Morgan fingerprint density at radius 1 is 0.756 bits per heavy atom. The molecule has 1 unspecified atom stereocenters. The van der Waals surface area contributed by atoms with Crippen LogP contribution in [0.2, 0.25) is 0 Å². The van der Waals surface area contributed by atoms with Gasteiger partial charge in [-0.1, -0.05) is 157 Å². The molecule has 1 aromatic carbocycles. The number of aromatic nitrogens is 3. The standard InChI is InChI=1S/C39H68N4OS/c1-8-9-10-11-12-13-14-15-16-17-18-19-20-21-22-23-27-45-37-42-41-36(31-25-24-26-40-30-31)43(37)32-28-33(38(2,3)4)35(44)34(29-32)39(5,6)7/h28-29,31,40,44H,8-27,30H2,1-7H3. The summed E-state index contributed by atoms with van der Waals surface area (Å²) in [6.07, 6.45) is 24.6. The quantitative estimate of drug-likeness (QED) is 0.111. The Kier molecular flexibility index (Phi) is 16.3. The van der Waals surface area contributed by atoms with Gasteiger partial charge in [0.25, 0.3) is 0 Å². The number of piperidine rings is 1. The van der Waals surface area contributed by atoms with Crippen LogP contribution in [0.3, 0.4) is 0 Å². The van der Waals surface area contributed by atoms with E-state index in [0.29, 0.717) is 11.7 Å². The normalized spacial score (nSPS) is 16.0. The highest BCUT2D eigenvalue weighted by Gasteiger charge is 2.30. The first-order valence-corrected chi connectivity index (χ1v) is 19.7. The molecular formula is C39H68N4OS. The zero-order valence-electron chi connectivity index (χ0n) is 30.3. The number of nitrogens with zero attached hydrogens (tertiary/aromatic N) is 3. The minimum Gasteiger partial charge on any atom is -0.507 e. The van der Waals surface area contributed by atoms with Crippen LogP contribution in [-0.2, 0) is 10.8 Å². The zero-order chi connectivity index (χ0) is 32.7. The number of unbranched alkanes of at least 4 members (excludes halogenated alkanes) is 15. The van der Waals surface area contributed by atoms with Crippen LogP contribution in [0.25, 0.3) is 5.69 Å². The maximum Gasteiger partial charge on any atom is 0.195 e. The monoisotopic (exact) mass is 641 g/mol. The van der Waals surface area contributed by atoms with Crippen molar-refractivity contribution in [3.05, 3.63) is 29.1 Å². The second-order valence-corrected chi connectivity index (χ2v) is 16.8. The van der Waals surface area contributed by atoms with Gasteiger partial charge in [0.1, 0.15) is 11.6 Å². The number of aromatic hydroxyl groups is 1. The van der Waals surface area contributed by atoms with Crippen molar-refractivity contribution in [3.8, 4) is 11.4 Å². The summed E-state index contributed by atoms with van der Waals surface area (Å²) in [7, 11) is 0. The third-order valence-electron chi connectivity index (χ3n) is 9.52. The van der Waals surface area contributed by atoms with Gasteiger partial charge in [0.2, 0.25) is 0 Å². The Morgan fingerprint density at radius 2 is 1.24 bits per heavy atom. The third kappa shape index (κ3) is 12.5. The van der Waals surface area contributed by atoms with Crippen LogP contribution < -0.4 is 5.32 Å². The van der Waals surface area contributed by atoms with Gasteiger partial charge in [-0.3, -0.25) is 4.57 Å². The van der Waals surface area contributed by atoms with Crippen LogP contribution in [0.1, 0.15) is 187 Å². The molecule has 2 N–H and O–H groups in total. The van der Waals surface area contributed by atoms with E-state index in [1.807, 2.05) is 11.8 Å². The van der Waals surface area contributed by atoms with Gasteiger partial charge < -0.3 is 10.4 Å². The van der Waals surface area contributed by atoms with Crippen molar-refractivity contribution in [2.45, 2.75) is 186 Å². The van der Waals surface area contributed by atoms with Crippen molar-refractivity contribution >= 4 is 11.8 Å². The first-order valence-electron chi connectivity index (χ1n) is 18.7. The highest BCUT2D eigenvalue weighted by Crippen LogP contribution is 2.42. The fourth-order valence-corrected chi connectivity index (χ4v) is 7.62. The number of hydrogen-bond donors (Lipinski definition) is 2. The molecule has 0 amide bonds. The summed E-state index contributed by atoms with van der Waals surface area (Å²) in [5.41, 5.74) is 2.70. The minimum absolute atomic E-state index is 0.179. The summed E-state index contributed by atoms with van der Waals surface area (Å²) in [4.78, 5) is 0. The van der Waals surface area contributed by atoms with Gasteiger partial charge in [-0.15, -0.1) is 10.2 Å². The van der Waals surface area contributed by atoms with E-state index in [-0.39, 0.29) is 10.8 Å². The summed E-state index contributed by atoms with van der Waals surface area (Å²) >= 11 is 1.85. The Labute approximate surface area is 281 Å². The minimum atomic E-state index is -0.179. The van der Waals surface area contributed by atoms with Crippen LogP contribution in [0, 0.1) is 0 Å². The molecule has 1 aliphatic rings. The summed E-state index contributed by atoms with van der Waals surface area (Å²) in [6, 6.07) is 4.37. The van der Waals surface area contributed by atoms with Crippen molar-refractivity contribution in [2.24, 2.45) is 0 Å². The van der Waals surface area contributed by atoms with E-state index >= 15 is 0 Å². The highest BCUT2D eigenvalue weighted by atomic mass is 32.2. The number of rotatable bonds is 20. The van der Waals surface area contributed by atoms with Crippen LogP contribution >= 0.6 is 11.8 Å². The molecule has 0 bridgehead atoms. The number of hydrogen-bond acceptors (Lipinski definition) is 5. The van der Waals surface area contributed by atoms with E-state index in [9.17, 15) is 5.11 Å². The molecule has 0 saturated carbocycles. The fourth-order valence-electron chi connectivity index (χ4n) is 6.66. The molecule has 1 aromatic heterocycles. The molecule has 5 nitrogen and oxygen atoms in total. The molecule has 1 saturated heterocycles. The molecule has 0 radical (unpaired) electrons. The summed E-state index contributed by atoms with van der Waals surface area (Å²) < 4.78 is 2.32. The summed E-state index contributed by atoms with van der Waals surface area (Å²) in [6.45, 7) is 17.4. The SMILES string of the molecule is CCCCCCCCCCCCCCCCCCSc1nnc(C2CCCNC2)n1-c1cc(C(C)(C)C)c(O)c(C(C)(C)C)c1. The predicted molar refractivity (Wildman–Crippen MR) is 196 cm³/mol. The van der Waals surface area contributed by atoms with Gasteiger partial charge in [-0.05, 0) is 48.8 Å². The molecule has 1 atom stereocenters. The molecule has 2 heterocycles. The number of benzene rings is 1. The first-order chi connectivity index (χ1) is 21.5. The molecular weight excluding hydrogens is 573 g/mol. The second-order valence-electron chi connectivity index (χ2n) is 15.8. The molecule has 1 aliphatic heterocycles. The van der Waals surface area contributed by atoms with Gasteiger partial charge >= 0.3 is 0 Å². The third-order valence-corrected chi connectivity index (χ3v) is 10.5. The van der Waals surface area contributed by atoms with Crippen molar-refractivity contribution in [2.75, 3.05) is 18.8 Å². The van der Waals surface area contributed by atoms with E-state index in [1.54, 1.807) is 0 Å². The average molecular weight is 641 g/mol. The maximum absolute atomic E-state index is 11.4. The van der Waals surface area contributed by atoms with Crippen molar-refractivity contribution in [1.29, 1.82) is 0 Å². The first kappa shape index (κ1) is 37.9. The lowest BCUT2D eigenvalue weighted by molar-refractivity contribution is 0.422. The lowest BCUT2D eigenvalue weighted by Gasteiger charge is -2.29. The van der Waals surface area contributed by atoms with Crippen molar-refractivity contribution in [1.82, 2.24) is 20.1 Å². The van der Waals surface area contributed by atoms with Gasteiger partial charge in [0, 0.05) is 29.3 Å². The van der Waals surface area contributed by atoms with E-state index in [4.69, 9.17) is 10.2 Å². The van der Waals surface area contributed by atoms with E-state index in [0.717, 1.165) is 59.5 Å². The van der Waals surface area contributed by atoms with E-state index in [2.05, 4.69) is 70.5 Å². The van der Waals surface area contributed by atoms with Gasteiger partial charge in [-0.2, -0.15) is 0 Å². The van der Waals surface area contributed by atoms with Crippen LogP contribution in [0.15, 0.2) is 17.3 Å². The Balaban J connectivity index is 1.52. The lowest BCUT2D eigenvalue weighted by atomic mass is 9.79. The molecule has 0 spiro atoms. The summed E-state index contributed by atoms with van der Waals surface area (Å²) in [5, 5.41) is 25.5.